The first-order valence-electron chi connectivity index (χ1n) is 10.5. The molecule has 1 aliphatic heterocycles. The van der Waals surface area contributed by atoms with Crippen LogP contribution in [0.15, 0.2) is 42.5 Å². The number of hydrogen-bond acceptors (Lipinski definition) is 3. The normalized spacial score (nSPS) is 23.8. The van der Waals surface area contributed by atoms with Crippen LogP contribution in [-0.4, -0.2) is 42.9 Å². The highest BCUT2D eigenvalue weighted by Crippen LogP contribution is 2.35. The first-order valence-corrected chi connectivity index (χ1v) is 10.5. The van der Waals surface area contributed by atoms with E-state index in [1.54, 1.807) is 0 Å². The molecule has 3 atom stereocenters. The van der Waals surface area contributed by atoms with Crippen molar-refractivity contribution in [3.05, 3.63) is 65.0 Å². The van der Waals surface area contributed by atoms with Gasteiger partial charge >= 0.3 is 0 Å². The Morgan fingerprint density at radius 1 is 1.18 bits per heavy atom. The second kappa shape index (κ2) is 8.62. The van der Waals surface area contributed by atoms with Gasteiger partial charge in [0.05, 0.1) is 13.2 Å². The van der Waals surface area contributed by atoms with E-state index in [0.717, 1.165) is 50.8 Å². The number of benzene rings is 2. The summed E-state index contributed by atoms with van der Waals surface area (Å²) >= 11 is 0. The van der Waals surface area contributed by atoms with Crippen LogP contribution in [0.2, 0.25) is 0 Å². The van der Waals surface area contributed by atoms with Gasteiger partial charge in [0.15, 0.2) is 11.6 Å². The molecule has 0 bridgehead atoms. The van der Waals surface area contributed by atoms with Crippen LogP contribution in [0, 0.1) is 5.82 Å². The molecule has 0 radical (unpaired) electrons. The van der Waals surface area contributed by atoms with Gasteiger partial charge in [-0.1, -0.05) is 30.3 Å². The maximum atomic E-state index is 13.7. The number of ether oxygens (including phenoxy) is 1. The van der Waals surface area contributed by atoms with Crippen molar-refractivity contribution in [2.24, 2.45) is 0 Å². The summed E-state index contributed by atoms with van der Waals surface area (Å²) in [6.45, 7) is 2.62. The maximum Gasteiger partial charge on any atom is 0.165 e. The number of aliphatic hydroxyl groups is 1. The van der Waals surface area contributed by atoms with E-state index in [2.05, 4.69) is 29.2 Å². The highest BCUT2D eigenvalue weighted by atomic mass is 19.1. The van der Waals surface area contributed by atoms with Crippen molar-refractivity contribution in [3.8, 4) is 5.75 Å². The number of rotatable bonds is 5. The lowest BCUT2D eigenvalue weighted by molar-refractivity contribution is 0.0713. The zero-order valence-corrected chi connectivity index (χ0v) is 16.6. The average Bonchev–Trinajstić information content (AvgIpc) is 2.74. The Labute approximate surface area is 167 Å². The van der Waals surface area contributed by atoms with E-state index in [4.69, 9.17) is 4.74 Å². The fourth-order valence-corrected chi connectivity index (χ4v) is 5.01. The number of β-amino-alcohol motifs (C(OH)–C–C–N with tert-alkyl or cyclic N) is 1. The molecule has 1 saturated heterocycles. The van der Waals surface area contributed by atoms with E-state index in [1.165, 1.54) is 24.3 Å². The molecule has 1 N–H and O–H groups in total. The van der Waals surface area contributed by atoms with Crippen LogP contribution < -0.4 is 4.74 Å². The first-order chi connectivity index (χ1) is 13.7. The Balaban J connectivity index is 1.43. The summed E-state index contributed by atoms with van der Waals surface area (Å²) in [6.07, 6.45) is 5.17. The van der Waals surface area contributed by atoms with Crippen LogP contribution >= 0.6 is 0 Å². The summed E-state index contributed by atoms with van der Waals surface area (Å²) in [6, 6.07) is 13.8. The van der Waals surface area contributed by atoms with Crippen molar-refractivity contribution in [1.29, 1.82) is 0 Å². The van der Waals surface area contributed by atoms with Gasteiger partial charge in [0.2, 0.25) is 0 Å². The Morgan fingerprint density at radius 3 is 2.89 bits per heavy atom. The summed E-state index contributed by atoms with van der Waals surface area (Å²) < 4.78 is 18.9. The minimum atomic E-state index is -0.344. The molecule has 0 spiro atoms. The molecular formula is C24H30FNO2. The Hall–Kier alpha value is -1.91. The van der Waals surface area contributed by atoms with Gasteiger partial charge in [-0.2, -0.15) is 0 Å². The molecular weight excluding hydrogens is 353 g/mol. The average molecular weight is 384 g/mol. The third-order valence-corrected chi connectivity index (χ3v) is 6.48. The Kier molecular flexibility index (Phi) is 5.98. The first kappa shape index (κ1) is 19.4. The van der Waals surface area contributed by atoms with Crippen LogP contribution in [0.3, 0.4) is 0 Å². The van der Waals surface area contributed by atoms with Crippen LogP contribution in [0.1, 0.15) is 54.2 Å². The fraction of sp³-hybridized carbons (Fsp3) is 0.500. The lowest BCUT2D eigenvalue weighted by Gasteiger charge is -2.37. The van der Waals surface area contributed by atoms with Crippen molar-refractivity contribution < 1.29 is 14.2 Å². The van der Waals surface area contributed by atoms with Gasteiger partial charge in [0, 0.05) is 19.0 Å². The van der Waals surface area contributed by atoms with Crippen LogP contribution in [-0.2, 0) is 6.42 Å². The Morgan fingerprint density at radius 2 is 2.04 bits per heavy atom. The second-order valence-electron chi connectivity index (χ2n) is 8.26. The van der Waals surface area contributed by atoms with Gasteiger partial charge in [0.25, 0.3) is 0 Å². The molecule has 150 valence electrons. The number of hydrogen-bond donors (Lipinski definition) is 1. The van der Waals surface area contributed by atoms with E-state index in [0.29, 0.717) is 18.2 Å². The number of aliphatic hydroxyl groups excluding tert-OH is 1. The number of halogens is 1. The van der Waals surface area contributed by atoms with E-state index < -0.39 is 0 Å². The predicted octanol–water partition coefficient (Wildman–Crippen LogP) is 4.49. The van der Waals surface area contributed by atoms with Gasteiger partial charge < -0.3 is 14.7 Å². The summed E-state index contributed by atoms with van der Waals surface area (Å²) in [4.78, 5) is 2.38. The molecule has 28 heavy (non-hydrogen) atoms. The molecule has 1 heterocycles. The van der Waals surface area contributed by atoms with Crippen molar-refractivity contribution >= 4 is 0 Å². The summed E-state index contributed by atoms with van der Waals surface area (Å²) in [5.41, 5.74) is 3.85. The van der Waals surface area contributed by atoms with E-state index in [9.17, 15) is 9.50 Å². The molecule has 1 aliphatic carbocycles. The molecule has 2 aromatic carbocycles. The standard InChI is InChI=1S/C24H30FNO2/c1-28-24-14-18(11-12-22(24)25)19-8-5-13-26(15-19)16-23(27)21-10-4-7-17-6-2-3-9-20(17)21/h2-3,6,9,11-12,14,19,21,23,27H,4-5,7-8,10,13,15-16H2,1H3. The van der Waals surface area contributed by atoms with Crippen molar-refractivity contribution in [2.45, 2.75) is 50.0 Å². The number of aryl methyl sites for hydroxylation is 1. The monoisotopic (exact) mass is 383 g/mol. The summed E-state index contributed by atoms with van der Waals surface area (Å²) in [5.74, 6) is 0.587. The molecule has 1 fully saturated rings. The number of nitrogens with zero attached hydrogens (tertiary/aromatic N) is 1. The largest absolute Gasteiger partial charge is 0.494 e. The molecule has 4 heteroatoms. The highest BCUT2D eigenvalue weighted by molar-refractivity contribution is 5.34. The molecule has 0 saturated carbocycles. The third kappa shape index (κ3) is 4.08. The van der Waals surface area contributed by atoms with E-state index in [-0.39, 0.29) is 17.8 Å². The van der Waals surface area contributed by atoms with Crippen molar-refractivity contribution in [1.82, 2.24) is 4.90 Å². The lowest BCUT2D eigenvalue weighted by Crippen LogP contribution is -2.41. The molecule has 0 amide bonds. The molecule has 4 rings (SSSR count). The van der Waals surface area contributed by atoms with E-state index in [1.807, 2.05) is 12.1 Å². The zero-order valence-electron chi connectivity index (χ0n) is 16.6. The highest BCUT2D eigenvalue weighted by Gasteiger charge is 2.30. The number of piperidine rings is 1. The van der Waals surface area contributed by atoms with Gasteiger partial charge in [-0.3, -0.25) is 0 Å². The smallest absolute Gasteiger partial charge is 0.165 e. The van der Waals surface area contributed by atoms with Gasteiger partial charge in [-0.05, 0) is 73.4 Å². The predicted molar refractivity (Wildman–Crippen MR) is 109 cm³/mol. The van der Waals surface area contributed by atoms with E-state index >= 15 is 0 Å². The van der Waals surface area contributed by atoms with Gasteiger partial charge in [-0.25, -0.2) is 4.39 Å². The molecule has 3 nitrogen and oxygen atoms in total. The molecule has 0 aromatic heterocycles. The topological polar surface area (TPSA) is 32.7 Å². The molecule has 2 aliphatic rings. The number of fused-ring (bicyclic) bond motifs is 1. The summed E-state index contributed by atoms with van der Waals surface area (Å²) in [5, 5.41) is 11.0. The number of likely N-dealkylation sites (tertiary alicyclic amines) is 1. The van der Waals surface area contributed by atoms with Crippen LogP contribution in [0.25, 0.3) is 0 Å². The summed E-state index contributed by atoms with van der Waals surface area (Å²) in [7, 11) is 1.51. The lowest BCUT2D eigenvalue weighted by atomic mass is 9.79. The van der Waals surface area contributed by atoms with Crippen LogP contribution in [0.5, 0.6) is 5.75 Å². The minimum Gasteiger partial charge on any atom is -0.494 e. The SMILES string of the molecule is COc1cc(C2CCCN(CC(O)C3CCCc4ccccc43)C2)ccc1F. The van der Waals surface area contributed by atoms with Gasteiger partial charge in [0.1, 0.15) is 0 Å². The third-order valence-electron chi connectivity index (χ3n) is 6.48. The zero-order chi connectivity index (χ0) is 19.5. The van der Waals surface area contributed by atoms with Crippen LogP contribution in [0.4, 0.5) is 4.39 Å². The maximum absolute atomic E-state index is 13.7. The van der Waals surface area contributed by atoms with Gasteiger partial charge in [-0.15, -0.1) is 0 Å². The van der Waals surface area contributed by atoms with Crippen molar-refractivity contribution in [3.63, 3.8) is 0 Å². The Bertz CT molecular complexity index is 809. The fourth-order valence-electron chi connectivity index (χ4n) is 5.01. The molecule has 2 aromatic rings. The molecule has 3 unspecified atom stereocenters. The quantitative estimate of drug-likeness (QED) is 0.825. The minimum absolute atomic E-state index is 0.233. The second-order valence-corrected chi connectivity index (χ2v) is 8.26. The number of methoxy groups -OCH3 is 1. The van der Waals surface area contributed by atoms with Crippen molar-refractivity contribution in [2.75, 3.05) is 26.7 Å².